The highest BCUT2D eigenvalue weighted by molar-refractivity contribution is 5.90. The van der Waals surface area contributed by atoms with E-state index < -0.39 is 5.41 Å². The number of fused-ring (bicyclic) bond motifs is 3. The van der Waals surface area contributed by atoms with Crippen LogP contribution in [0.3, 0.4) is 0 Å². The number of hydrogen-bond acceptors (Lipinski definition) is 4. The molecule has 4 nitrogen and oxygen atoms in total. The van der Waals surface area contributed by atoms with Crippen LogP contribution in [0.15, 0.2) is 133 Å². The molecule has 1 aliphatic carbocycles. The van der Waals surface area contributed by atoms with Crippen molar-refractivity contribution in [2.75, 3.05) is 14.2 Å². The van der Waals surface area contributed by atoms with Crippen LogP contribution in [-0.4, -0.2) is 24.4 Å². The van der Waals surface area contributed by atoms with Crippen LogP contribution >= 0.6 is 0 Å². The van der Waals surface area contributed by atoms with Crippen LogP contribution in [0.2, 0.25) is 0 Å². The lowest BCUT2D eigenvalue weighted by Crippen LogP contribution is -2.28. The van der Waals surface area contributed by atoms with E-state index in [0.717, 1.165) is 67.1 Å². The zero-order valence-corrected chi connectivity index (χ0v) is 23.9. The van der Waals surface area contributed by atoms with Crippen LogP contribution in [0.1, 0.15) is 22.3 Å². The van der Waals surface area contributed by atoms with Crippen molar-refractivity contribution in [2.24, 2.45) is 0 Å². The van der Waals surface area contributed by atoms with Gasteiger partial charge in [-0.25, -0.2) is 0 Å². The van der Waals surface area contributed by atoms with E-state index in [9.17, 15) is 10.2 Å². The summed E-state index contributed by atoms with van der Waals surface area (Å²) in [6, 6.07) is 44.5. The lowest BCUT2D eigenvalue weighted by molar-refractivity contribution is 0.415. The van der Waals surface area contributed by atoms with Crippen LogP contribution in [0, 0.1) is 0 Å². The van der Waals surface area contributed by atoms with E-state index in [1.165, 1.54) is 0 Å². The topological polar surface area (TPSA) is 58.9 Å². The first kappa shape index (κ1) is 26.4. The summed E-state index contributed by atoms with van der Waals surface area (Å²) in [6.07, 6.45) is 0. The summed E-state index contributed by atoms with van der Waals surface area (Å²) in [5.41, 5.74) is 10.3. The Bertz CT molecular complexity index is 1780. The molecular weight excluding hydrogens is 532 g/mol. The standard InChI is InChI=1S/C39H30O4/c1-42-33-17-3-25(4-18-33)27-7-21-35-36-22-8-28(26-5-19-34(43-2)20-6-26)24-38(36)39(37(35)23-27,29-9-13-31(40)14-10-29)30-11-15-32(41)16-12-30/h3-24,40-41H,1-2H3. The van der Waals surface area contributed by atoms with Gasteiger partial charge in [0.1, 0.15) is 23.0 Å². The van der Waals surface area contributed by atoms with Crippen molar-refractivity contribution in [2.45, 2.75) is 5.41 Å². The normalized spacial score (nSPS) is 12.8. The second-order valence-electron chi connectivity index (χ2n) is 10.8. The SMILES string of the molecule is COc1ccc(-c2ccc3c(c2)C(c2ccc(O)cc2)(c2ccc(O)cc2)c2cc(-c4ccc(OC)cc4)ccc2-3)cc1. The van der Waals surface area contributed by atoms with Crippen LogP contribution in [0.4, 0.5) is 0 Å². The summed E-state index contributed by atoms with van der Waals surface area (Å²) >= 11 is 0. The van der Waals surface area contributed by atoms with Gasteiger partial charge in [-0.05, 0) is 116 Å². The van der Waals surface area contributed by atoms with Gasteiger partial charge >= 0.3 is 0 Å². The predicted octanol–water partition coefficient (Wildman–Crippen LogP) is 8.81. The minimum Gasteiger partial charge on any atom is -0.508 e. The number of hydrogen-bond donors (Lipinski definition) is 2. The molecule has 0 fully saturated rings. The molecule has 6 aromatic carbocycles. The highest BCUT2D eigenvalue weighted by Crippen LogP contribution is 2.57. The highest BCUT2D eigenvalue weighted by atomic mass is 16.5. The van der Waals surface area contributed by atoms with Crippen LogP contribution in [-0.2, 0) is 5.41 Å². The molecule has 0 unspecified atom stereocenters. The van der Waals surface area contributed by atoms with E-state index in [1.807, 2.05) is 48.5 Å². The quantitative estimate of drug-likeness (QED) is 0.213. The fraction of sp³-hybridized carbons (Fsp3) is 0.0769. The molecule has 0 aliphatic heterocycles. The maximum Gasteiger partial charge on any atom is 0.118 e. The third-order valence-electron chi connectivity index (χ3n) is 8.58. The molecule has 43 heavy (non-hydrogen) atoms. The Kier molecular flexibility index (Phi) is 6.40. The van der Waals surface area contributed by atoms with E-state index in [2.05, 4.69) is 60.7 Å². The average Bonchev–Trinajstić information content (AvgIpc) is 3.35. The van der Waals surface area contributed by atoms with Gasteiger partial charge in [-0.1, -0.05) is 72.8 Å². The number of phenols is 2. The number of ether oxygens (including phenoxy) is 2. The van der Waals surface area contributed by atoms with Gasteiger partial charge in [0, 0.05) is 0 Å². The molecular formula is C39H30O4. The summed E-state index contributed by atoms with van der Waals surface area (Å²) in [5.74, 6) is 2.04. The van der Waals surface area contributed by atoms with E-state index in [0.29, 0.717) is 0 Å². The molecule has 7 rings (SSSR count). The molecule has 6 aromatic rings. The maximum atomic E-state index is 10.3. The molecule has 0 radical (unpaired) electrons. The van der Waals surface area contributed by atoms with Crippen LogP contribution < -0.4 is 9.47 Å². The van der Waals surface area contributed by atoms with Crippen molar-refractivity contribution < 1.29 is 19.7 Å². The van der Waals surface area contributed by atoms with Gasteiger partial charge in [0.05, 0.1) is 19.6 Å². The van der Waals surface area contributed by atoms with Gasteiger partial charge in [0.15, 0.2) is 0 Å². The minimum absolute atomic E-state index is 0.210. The van der Waals surface area contributed by atoms with E-state index in [1.54, 1.807) is 38.5 Å². The molecule has 0 heterocycles. The number of phenolic OH excluding ortho intramolecular Hbond substituents is 2. The second-order valence-corrected chi connectivity index (χ2v) is 10.8. The van der Waals surface area contributed by atoms with Gasteiger partial charge in [-0.15, -0.1) is 0 Å². The summed E-state index contributed by atoms with van der Waals surface area (Å²) in [5, 5.41) is 20.6. The molecule has 0 bridgehead atoms. The number of benzene rings is 6. The molecule has 0 saturated heterocycles. The van der Waals surface area contributed by atoms with Gasteiger partial charge in [0.25, 0.3) is 0 Å². The first-order chi connectivity index (χ1) is 21.0. The minimum atomic E-state index is -0.711. The smallest absolute Gasteiger partial charge is 0.118 e. The second kappa shape index (κ2) is 10.4. The molecule has 0 spiro atoms. The monoisotopic (exact) mass is 562 g/mol. The summed E-state index contributed by atoms with van der Waals surface area (Å²) in [4.78, 5) is 0. The van der Waals surface area contributed by atoms with Gasteiger partial charge in [0.2, 0.25) is 0 Å². The summed E-state index contributed by atoms with van der Waals surface area (Å²) < 4.78 is 10.8. The largest absolute Gasteiger partial charge is 0.508 e. The van der Waals surface area contributed by atoms with Crippen molar-refractivity contribution in [1.82, 2.24) is 0 Å². The van der Waals surface area contributed by atoms with Gasteiger partial charge in [-0.3, -0.25) is 0 Å². The van der Waals surface area contributed by atoms with Crippen LogP contribution in [0.5, 0.6) is 23.0 Å². The first-order valence-electron chi connectivity index (χ1n) is 14.2. The molecule has 1 aliphatic rings. The maximum absolute atomic E-state index is 10.3. The molecule has 210 valence electrons. The fourth-order valence-electron chi connectivity index (χ4n) is 6.46. The Morgan fingerprint density at radius 2 is 0.767 bits per heavy atom. The Balaban J connectivity index is 1.53. The van der Waals surface area contributed by atoms with E-state index in [-0.39, 0.29) is 11.5 Å². The van der Waals surface area contributed by atoms with E-state index >= 15 is 0 Å². The average molecular weight is 563 g/mol. The Hall–Kier alpha value is -5.48. The molecule has 4 heteroatoms. The summed E-state index contributed by atoms with van der Waals surface area (Å²) in [7, 11) is 3.34. The molecule has 0 saturated carbocycles. The fourth-order valence-corrected chi connectivity index (χ4v) is 6.46. The van der Waals surface area contributed by atoms with E-state index in [4.69, 9.17) is 9.47 Å². The van der Waals surface area contributed by atoms with Gasteiger partial charge in [-0.2, -0.15) is 0 Å². The molecule has 2 N–H and O–H groups in total. The number of aromatic hydroxyl groups is 2. The van der Waals surface area contributed by atoms with Crippen molar-refractivity contribution in [3.05, 3.63) is 156 Å². The van der Waals surface area contributed by atoms with Crippen molar-refractivity contribution in [3.63, 3.8) is 0 Å². The van der Waals surface area contributed by atoms with Gasteiger partial charge < -0.3 is 19.7 Å². The Labute approximate surface area is 251 Å². The van der Waals surface area contributed by atoms with Crippen LogP contribution in [0.25, 0.3) is 33.4 Å². The summed E-state index contributed by atoms with van der Waals surface area (Å²) in [6.45, 7) is 0. The zero-order chi connectivity index (χ0) is 29.6. The highest BCUT2D eigenvalue weighted by Gasteiger charge is 2.46. The molecule has 0 amide bonds. The lowest BCUT2D eigenvalue weighted by Gasteiger charge is -2.34. The van der Waals surface area contributed by atoms with Crippen molar-refractivity contribution in [1.29, 1.82) is 0 Å². The first-order valence-corrected chi connectivity index (χ1v) is 14.2. The number of rotatable bonds is 6. The Morgan fingerprint density at radius 1 is 0.419 bits per heavy atom. The van der Waals surface area contributed by atoms with Crippen molar-refractivity contribution in [3.8, 4) is 56.4 Å². The molecule has 0 aromatic heterocycles. The zero-order valence-electron chi connectivity index (χ0n) is 23.9. The third-order valence-corrected chi connectivity index (χ3v) is 8.58. The van der Waals surface area contributed by atoms with Crippen molar-refractivity contribution >= 4 is 0 Å². The lowest BCUT2D eigenvalue weighted by atomic mass is 9.67. The molecule has 0 atom stereocenters. The third kappa shape index (κ3) is 4.31. The Morgan fingerprint density at radius 3 is 1.12 bits per heavy atom. The predicted molar refractivity (Wildman–Crippen MR) is 171 cm³/mol. The number of methoxy groups -OCH3 is 2.